The number of amides is 1. The van der Waals surface area contributed by atoms with Crippen LogP contribution < -0.4 is 10.0 Å². The van der Waals surface area contributed by atoms with E-state index in [1.807, 2.05) is 17.5 Å². The van der Waals surface area contributed by atoms with Crippen molar-refractivity contribution in [3.05, 3.63) is 29.6 Å². The highest BCUT2D eigenvalue weighted by Gasteiger charge is 2.54. The zero-order valence-electron chi connectivity index (χ0n) is 16.3. The van der Waals surface area contributed by atoms with Crippen molar-refractivity contribution in [3.8, 4) is 11.3 Å². The molecular weight excluding hydrogens is 406 g/mol. The van der Waals surface area contributed by atoms with Crippen LogP contribution >= 0.6 is 11.3 Å². The minimum absolute atomic E-state index is 0.158. The number of aromatic nitrogens is 1. The van der Waals surface area contributed by atoms with Crippen LogP contribution in [0.25, 0.3) is 11.3 Å². The molecule has 154 valence electrons. The summed E-state index contributed by atoms with van der Waals surface area (Å²) in [5.74, 6) is 2.36. The first-order chi connectivity index (χ1) is 13.8. The highest BCUT2D eigenvalue weighted by molar-refractivity contribution is 7.92. The second-order valence-electron chi connectivity index (χ2n) is 9.14. The van der Waals surface area contributed by atoms with Crippen LogP contribution in [0, 0.1) is 23.2 Å². The number of nitrogens with zero attached hydrogens (tertiary/aromatic N) is 1. The van der Waals surface area contributed by atoms with Gasteiger partial charge in [0, 0.05) is 16.6 Å². The molecule has 4 aliphatic carbocycles. The highest BCUT2D eigenvalue weighted by Crippen LogP contribution is 2.60. The van der Waals surface area contributed by atoms with Crippen LogP contribution in [0.2, 0.25) is 0 Å². The third-order valence-electron chi connectivity index (χ3n) is 6.73. The number of rotatable bonds is 5. The average Bonchev–Trinajstić information content (AvgIpc) is 3.08. The molecule has 0 unspecified atom stereocenters. The molecule has 0 atom stereocenters. The number of carbonyl (C=O) groups excluding carboxylic acids is 1. The lowest BCUT2D eigenvalue weighted by molar-refractivity contribution is -0.140. The molecule has 1 aromatic carbocycles. The van der Waals surface area contributed by atoms with Gasteiger partial charge < -0.3 is 5.32 Å². The molecule has 0 aliphatic heterocycles. The SMILES string of the molecule is CS(=O)(=O)Nc1ccc(-c2csc(NC(=O)C34CC5CC(CC(C5)C3)C4)n2)cc1. The minimum Gasteiger partial charge on any atom is -0.301 e. The average molecular weight is 432 g/mol. The van der Waals surface area contributed by atoms with Gasteiger partial charge in [-0.1, -0.05) is 12.1 Å². The molecule has 0 spiro atoms. The molecule has 2 aromatic rings. The molecule has 6 nitrogen and oxygen atoms in total. The summed E-state index contributed by atoms with van der Waals surface area (Å²) in [5, 5.41) is 5.67. The van der Waals surface area contributed by atoms with Crippen LogP contribution in [-0.2, 0) is 14.8 Å². The maximum atomic E-state index is 13.2. The molecule has 1 amide bonds. The van der Waals surface area contributed by atoms with Crippen molar-refractivity contribution >= 4 is 38.1 Å². The van der Waals surface area contributed by atoms with E-state index in [0.717, 1.165) is 54.5 Å². The maximum absolute atomic E-state index is 13.2. The van der Waals surface area contributed by atoms with E-state index in [0.29, 0.717) is 10.8 Å². The Morgan fingerprint density at radius 3 is 2.21 bits per heavy atom. The monoisotopic (exact) mass is 431 g/mol. The normalized spacial score (nSPS) is 30.3. The standard InChI is InChI=1S/C21H25N3O3S2/c1-29(26,27)24-17-4-2-16(3-5-17)18-12-28-20(22-18)23-19(25)21-9-13-6-14(10-21)8-15(7-13)11-21/h2-5,12-15,24H,6-11H2,1H3,(H,22,23,25). The summed E-state index contributed by atoms with van der Waals surface area (Å²) in [5.41, 5.74) is 2.00. The Hall–Kier alpha value is -1.93. The van der Waals surface area contributed by atoms with E-state index in [9.17, 15) is 13.2 Å². The first-order valence-electron chi connectivity index (χ1n) is 10.1. The van der Waals surface area contributed by atoms with Gasteiger partial charge in [0.15, 0.2) is 5.13 Å². The van der Waals surface area contributed by atoms with Gasteiger partial charge >= 0.3 is 0 Å². The number of thiazole rings is 1. The van der Waals surface area contributed by atoms with Gasteiger partial charge in [0.05, 0.1) is 17.4 Å². The smallest absolute Gasteiger partial charge is 0.232 e. The number of anilines is 2. The van der Waals surface area contributed by atoms with Gasteiger partial charge in [0.2, 0.25) is 15.9 Å². The Bertz CT molecular complexity index is 1010. The van der Waals surface area contributed by atoms with E-state index in [1.165, 1.54) is 30.6 Å². The summed E-state index contributed by atoms with van der Waals surface area (Å²) in [7, 11) is -3.29. The highest BCUT2D eigenvalue weighted by atomic mass is 32.2. The fourth-order valence-corrected chi connectivity index (χ4v) is 7.28. The number of sulfonamides is 1. The van der Waals surface area contributed by atoms with Gasteiger partial charge in [-0.3, -0.25) is 9.52 Å². The molecule has 4 saturated carbocycles. The lowest BCUT2D eigenvalue weighted by Gasteiger charge is -2.55. The van der Waals surface area contributed by atoms with Gasteiger partial charge in [0.1, 0.15) is 0 Å². The van der Waals surface area contributed by atoms with E-state index in [2.05, 4.69) is 15.0 Å². The van der Waals surface area contributed by atoms with Crippen LogP contribution in [-0.4, -0.2) is 25.6 Å². The molecule has 4 bridgehead atoms. The molecule has 6 rings (SSSR count). The number of hydrogen-bond acceptors (Lipinski definition) is 5. The number of nitrogens with one attached hydrogen (secondary N) is 2. The Kier molecular flexibility index (Phi) is 4.47. The van der Waals surface area contributed by atoms with Gasteiger partial charge in [-0.25, -0.2) is 13.4 Å². The van der Waals surface area contributed by atoms with Gasteiger partial charge in [-0.15, -0.1) is 11.3 Å². The van der Waals surface area contributed by atoms with Gasteiger partial charge in [0.25, 0.3) is 0 Å². The van der Waals surface area contributed by atoms with Crippen LogP contribution in [0.5, 0.6) is 0 Å². The largest absolute Gasteiger partial charge is 0.301 e. The van der Waals surface area contributed by atoms with Crippen molar-refractivity contribution in [1.82, 2.24) is 4.98 Å². The van der Waals surface area contributed by atoms with Gasteiger partial charge in [-0.05, 0) is 68.4 Å². The van der Waals surface area contributed by atoms with E-state index >= 15 is 0 Å². The summed E-state index contributed by atoms with van der Waals surface area (Å²) in [6, 6.07) is 7.08. The molecule has 0 saturated heterocycles. The molecule has 4 fully saturated rings. The van der Waals surface area contributed by atoms with Crippen molar-refractivity contribution in [2.75, 3.05) is 16.3 Å². The fourth-order valence-electron chi connectivity index (χ4n) is 6.01. The van der Waals surface area contributed by atoms with E-state index < -0.39 is 10.0 Å². The summed E-state index contributed by atoms with van der Waals surface area (Å²) in [6.07, 6.45) is 8.20. The van der Waals surface area contributed by atoms with E-state index in [1.54, 1.807) is 12.1 Å². The molecule has 29 heavy (non-hydrogen) atoms. The van der Waals surface area contributed by atoms with Gasteiger partial charge in [-0.2, -0.15) is 0 Å². The number of benzene rings is 1. The Balaban J connectivity index is 1.29. The molecule has 4 aliphatic rings. The predicted molar refractivity (Wildman–Crippen MR) is 115 cm³/mol. The van der Waals surface area contributed by atoms with Crippen molar-refractivity contribution < 1.29 is 13.2 Å². The third kappa shape index (κ3) is 3.80. The predicted octanol–water partition coefficient (Wildman–Crippen LogP) is 4.34. The third-order valence-corrected chi connectivity index (χ3v) is 8.09. The first-order valence-corrected chi connectivity index (χ1v) is 12.9. The summed E-state index contributed by atoms with van der Waals surface area (Å²) >= 11 is 1.44. The second-order valence-corrected chi connectivity index (χ2v) is 11.7. The fraction of sp³-hybridized carbons (Fsp3) is 0.524. The molecule has 2 N–H and O–H groups in total. The van der Waals surface area contributed by atoms with Crippen LogP contribution in [0.1, 0.15) is 38.5 Å². The quantitative estimate of drug-likeness (QED) is 0.737. The summed E-state index contributed by atoms with van der Waals surface area (Å²) in [6.45, 7) is 0. The second kappa shape index (κ2) is 6.80. The Morgan fingerprint density at radius 1 is 1.07 bits per heavy atom. The van der Waals surface area contributed by atoms with Crippen molar-refractivity contribution in [1.29, 1.82) is 0 Å². The maximum Gasteiger partial charge on any atom is 0.232 e. The summed E-state index contributed by atoms with van der Waals surface area (Å²) in [4.78, 5) is 17.8. The number of carbonyl (C=O) groups is 1. The topological polar surface area (TPSA) is 88.2 Å². The zero-order valence-corrected chi connectivity index (χ0v) is 18.0. The molecule has 8 heteroatoms. The lowest BCUT2D eigenvalue weighted by Crippen LogP contribution is -2.51. The van der Waals surface area contributed by atoms with Crippen molar-refractivity contribution in [2.24, 2.45) is 23.2 Å². The summed E-state index contributed by atoms with van der Waals surface area (Å²) < 4.78 is 25.1. The first kappa shape index (κ1) is 19.1. The lowest BCUT2D eigenvalue weighted by atomic mass is 9.49. The molecule has 1 aromatic heterocycles. The minimum atomic E-state index is -3.29. The van der Waals surface area contributed by atoms with Crippen molar-refractivity contribution in [3.63, 3.8) is 0 Å². The van der Waals surface area contributed by atoms with Crippen LogP contribution in [0.3, 0.4) is 0 Å². The Labute approximate surface area is 175 Å². The van der Waals surface area contributed by atoms with Crippen LogP contribution in [0.15, 0.2) is 29.6 Å². The number of hydrogen-bond donors (Lipinski definition) is 2. The van der Waals surface area contributed by atoms with E-state index in [4.69, 9.17) is 0 Å². The van der Waals surface area contributed by atoms with Crippen LogP contribution in [0.4, 0.5) is 10.8 Å². The van der Waals surface area contributed by atoms with E-state index in [-0.39, 0.29) is 11.3 Å². The molecular formula is C21H25N3O3S2. The molecule has 1 heterocycles. The van der Waals surface area contributed by atoms with Crippen molar-refractivity contribution in [2.45, 2.75) is 38.5 Å². The molecule has 0 radical (unpaired) electrons. The Morgan fingerprint density at radius 2 is 1.66 bits per heavy atom. The zero-order chi connectivity index (χ0) is 20.2.